The number of nitrogen functional groups attached to an aromatic ring is 1. The lowest BCUT2D eigenvalue weighted by Gasteiger charge is -2.05. The molecule has 0 aliphatic heterocycles. The van der Waals surface area contributed by atoms with E-state index in [2.05, 4.69) is 9.97 Å². The number of aromatic nitrogens is 3. The average molecular weight is 290 g/mol. The number of nitrogens with one attached hydrogen (secondary N) is 1. The zero-order valence-corrected chi connectivity index (χ0v) is 11.8. The van der Waals surface area contributed by atoms with Gasteiger partial charge >= 0.3 is 0 Å². The predicted molar refractivity (Wildman–Crippen MR) is 86.8 cm³/mol. The minimum Gasteiger partial charge on any atom is -0.369 e. The summed E-state index contributed by atoms with van der Waals surface area (Å²) in [7, 11) is 0. The molecule has 0 bridgehead atoms. The van der Waals surface area contributed by atoms with Crippen LogP contribution in [0, 0.1) is 0 Å². The molecule has 108 valence electrons. The van der Waals surface area contributed by atoms with Crippen molar-refractivity contribution in [3.63, 3.8) is 0 Å². The van der Waals surface area contributed by atoms with E-state index in [0.29, 0.717) is 0 Å². The summed E-state index contributed by atoms with van der Waals surface area (Å²) in [5, 5.41) is 1.09. The van der Waals surface area contributed by atoms with Gasteiger partial charge in [0.2, 0.25) is 11.9 Å². The molecule has 0 spiro atoms. The summed E-state index contributed by atoms with van der Waals surface area (Å²) in [5.74, 6) is 0.148. The molecule has 5 nitrogen and oxygen atoms in total. The Hall–Kier alpha value is -3.08. The molecule has 0 aliphatic rings. The zero-order chi connectivity index (χ0) is 15.1. The van der Waals surface area contributed by atoms with Gasteiger partial charge in [-0.1, -0.05) is 18.2 Å². The lowest BCUT2D eigenvalue weighted by atomic mass is 10.1. The van der Waals surface area contributed by atoms with Crippen LogP contribution in [0.2, 0.25) is 0 Å². The highest BCUT2D eigenvalue weighted by Crippen LogP contribution is 2.19. The van der Waals surface area contributed by atoms with Crippen molar-refractivity contribution in [2.24, 2.45) is 0 Å². The molecule has 5 heteroatoms. The van der Waals surface area contributed by atoms with Gasteiger partial charge in [0.15, 0.2) is 0 Å². The highest BCUT2D eigenvalue weighted by Gasteiger charge is 2.15. The number of carbonyl (C=O) groups is 1. The summed E-state index contributed by atoms with van der Waals surface area (Å²) in [4.78, 5) is 20.0. The summed E-state index contributed by atoms with van der Waals surface area (Å²) >= 11 is 0. The number of imidazole rings is 1. The smallest absolute Gasteiger partial charge is 0.238 e. The van der Waals surface area contributed by atoms with Gasteiger partial charge in [0.25, 0.3) is 0 Å². The topological polar surface area (TPSA) is 76.7 Å². The van der Waals surface area contributed by atoms with E-state index in [1.54, 1.807) is 0 Å². The third-order valence-electron chi connectivity index (χ3n) is 3.81. The van der Waals surface area contributed by atoms with E-state index in [0.717, 1.165) is 27.5 Å². The van der Waals surface area contributed by atoms with Gasteiger partial charge in [-0.2, -0.15) is 0 Å². The average Bonchev–Trinajstić information content (AvgIpc) is 3.09. The molecule has 3 N–H and O–H groups in total. The first-order chi connectivity index (χ1) is 10.7. The first kappa shape index (κ1) is 12.6. The molecule has 0 amide bonds. The van der Waals surface area contributed by atoms with E-state index in [-0.39, 0.29) is 18.3 Å². The maximum absolute atomic E-state index is 12.6. The number of anilines is 1. The monoisotopic (exact) mass is 290 g/mol. The normalized spacial score (nSPS) is 11.3. The van der Waals surface area contributed by atoms with Crippen LogP contribution >= 0.6 is 0 Å². The molecule has 2 aromatic heterocycles. The molecule has 0 fully saturated rings. The summed E-state index contributed by atoms with van der Waals surface area (Å²) in [6.07, 6.45) is 2.17. The minimum absolute atomic E-state index is 0.0823. The molecule has 4 aromatic rings. The Bertz CT molecular complexity index is 996. The summed E-state index contributed by atoms with van der Waals surface area (Å²) in [5.41, 5.74) is 9.39. The van der Waals surface area contributed by atoms with Crippen molar-refractivity contribution >= 4 is 33.8 Å². The molecule has 22 heavy (non-hydrogen) atoms. The van der Waals surface area contributed by atoms with Gasteiger partial charge in [-0.3, -0.25) is 4.79 Å². The number of aromatic amines is 1. The molecule has 0 aliphatic carbocycles. The fourth-order valence-corrected chi connectivity index (χ4v) is 2.77. The lowest BCUT2D eigenvalue weighted by Crippen LogP contribution is -2.15. The van der Waals surface area contributed by atoms with Crippen LogP contribution in [0.15, 0.2) is 54.7 Å². The Morgan fingerprint density at radius 3 is 2.95 bits per heavy atom. The van der Waals surface area contributed by atoms with Gasteiger partial charge in [-0.25, -0.2) is 9.55 Å². The number of hydrogen-bond acceptors (Lipinski definition) is 3. The van der Waals surface area contributed by atoms with E-state index in [1.165, 1.54) is 4.57 Å². The van der Waals surface area contributed by atoms with Crippen LogP contribution in [-0.4, -0.2) is 20.4 Å². The number of carbonyl (C=O) groups excluding carboxylic acids is 1. The van der Waals surface area contributed by atoms with Gasteiger partial charge in [0.1, 0.15) is 0 Å². The fourth-order valence-electron chi connectivity index (χ4n) is 2.77. The summed E-state index contributed by atoms with van der Waals surface area (Å²) < 4.78 is 1.48. The van der Waals surface area contributed by atoms with Crippen LogP contribution in [0.5, 0.6) is 0 Å². The van der Waals surface area contributed by atoms with Gasteiger partial charge in [0, 0.05) is 11.7 Å². The molecule has 0 saturated heterocycles. The Morgan fingerprint density at radius 1 is 1.18 bits per heavy atom. The van der Waals surface area contributed by atoms with E-state index >= 15 is 0 Å². The van der Waals surface area contributed by atoms with Crippen LogP contribution in [-0.2, 0) is 6.42 Å². The van der Waals surface area contributed by atoms with Crippen molar-refractivity contribution in [2.45, 2.75) is 6.42 Å². The molecule has 2 heterocycles. The number of nitrogens with two attached hydrogens (primary N) is 1. The first-order valence-corrected chi connectivity index (χ1v) is 7.04. The SMILES string of the molecule is Nc1nc2ccccc2n1C(=O)Cc1ccc2[nH]ccc2c1. The quantitative estimate of drug-likeness (QED) is 0.596. The second-order valence-corrected chi connectivity index (χ2v) is 5.26. The standard InChI is InChI=1S/C17H14N4O/c18-17-20-14-3-1-2-4-15(14)21(17)16(22)10-11-5-6-13-12(9-11)7-8-19-13/h1-9,19H,10H2,(H2,18,20). The predicted octanol–water partition coefficient (Wildman–Crippen LogP) is 2.98. The van der Waals surface area contributed by atoms with E-state index in [1.807, 2.05) is 54.7 Å². The Kier molecular flexibility index (Phi) is 2.72. The van der Waals surface area contributed by atoms with Gasteiger partial charge in [0.05, 0.1) is 17.5 Å². The van der Waals surface area contributed by atoms with E-state index < -0.39 is 0 Å². The van der Waals surface area contributed by atoms with Crippen LogP contribution in [0.1, 0.15) is 10.4 Å². The molecular weight excluding hydrogens is 276 g/mol. The van der Waals surface area contributed by atoms with Crippen molar-refractivity contribution in [2.75, 3.05) is 5.73 Å². The van der Waals surface area contributed by atoms with Crippen molar-refractivity contribution in [1.82, 2.24) is 14.5 Å². The van der Waals surface area contributed by atoms with Crippen LogP contribution in [0.3, 0.4) is 0 Å². The van der Waals surface area contributed by atoms with E-state index in [9.17, 15) is 4.79 Å². The van der Waals surface area contributed by atoms with E-state index in [4.69, 9.17) is 5.73 Å². The van der Waals surface area contributed by atoms with Crippen molar-refractivity contribution < 1.29 is 4.79 Å². The zero-order valence-electron chi connectivity index (χ0n) is 11.8. The number of nitrogens with zero attached hydrogens (tertiary/aromatic N) is 2. The first-order valence-electron chi connectivity index (χ1n) is 7.04. The third-order valence-corrected chi connectivity index (χ3v) is 3.81. The van der Waals surface area contributed by atoms with Crippen LogP contribution in [0.25, 0.3) is 21.9 Å². The number of fused-ring (bicyclic) bond motifs is 2. The number of rotatable bonds is 2. The van der Waals surface area contributed by atoms with Crippen LogP contribution < -0.4 is 5.73 Å². The second-order valence-electron chi connectivity index (χ2n) is 5.26. The highest BCUT2D eigenvalue weighted by atomic mass is 16.2. The maximum Gasteiger partial charge on any atom is 0.238 e. The van der Waals surface area contributed by atoms with Gasteiger partial charge in [-0.15, -0.1) is 0 Å². The molecule has 0 atom stereocenters. The lowest BCUT2D eigenvalue weighted by molar-refractivity contribution is 0.0921. The maximum atomic E-state index is 12.6. The number of benzene rings is 2. The summed E-state index contributed by atoms with van der Waals surface area (Å²) in [6.45, 7) is 0. The van der Waals surface area contributed by atoms with Crippen molar-refractivity contribution in [3.8, 4) is 0 Å². The fraction of sp³-hybridized carbons (Fsp3) is 0.0588. The highest BCUT2D eigenvalue weighted by molar-refractivity contribution is 5.95. The molecule has 0 radical (unpaired) electrons. The molecule has 2 aromatic carbocycles. The van der Waals surface area contributed by atoms with Gasteiger partial charge in [-0.05, 0) is 41.3 Å². The Balaban J connectivity index is 1.72. The molecular formula is C17H14N4O. The van der Waals surface area contributed by atoms with Crippen LogP contribution in [0.4, 0.5) is 5.95 Å². The minimum atomic E-state index is -0.0823. The molecule has 0 saturated carbocycles. The third kappa shape index (κ3) is 1.95. The number of hydrogen-bond donors (Lipinski definition) is 2. The molecule has 0 unspecified atom stereocenters. The Labute approximate surface area is 126 Å². The van der Waals surface area contributed by atoms with Gasteiger partial charge < -0.3 is 10.7 Å². The second kappa shape index (κ2) is 4.73. The van der Waals surface area contributed by atoms with Crippen molar-refractivity contribution in [3.05, 3.63) is 60.3 Å². The van der Waals surface area contributed by atoms with Crippen molar-refractivity contribution in [1.29, 1.82) is 0 Å². The molecule has 4 rings (SSSR count). The number of para-hydroxylation sites is 2. The Morgan fingerprint density at radius 2 is 2.05 bits per heavy atom. The summed E-state index contributed by atoms with van der Waals surface area (Å²) in [6, 6.07) is 15.4. The largest absolute Gasteiger partial charge is 0.369 e. The number of H-pyrrole nitrogens is 1.